The first kappa shape index (κ1) is 36.9. The predicted octanol–water partition coefficient (Wildman–Crippen LogP) is 1.62. The minimum absolute atomic E-state index is 0.0376. The van der Waals surface area contributed by atoms with Crippen LogP contribution >= 0.6 is 0 Å². The van der Waals surface area contributed by atoms with Crippen LogP contribution in [0.1, 0.15) is 75.8 Å². The molecular weight excluding hydrogens is 626 g/mol. The zero-order valence-corrected chi connectivity index (χ0v) is 29.1. The number of nitrogens with one attached hydrogen (secondary N) is 3. The van der Waals surface area contributed by atoms with Gasteiger partial charge >= 0.3 is 5.97 Å². The number of aliphatic imine (C=N–C) groups is 1. The van der Waals surface area contributed by atoms with Gasteiger partial charge < -0.3 is 51.6 Å². The Kier molecular flexibility index (Phi) is 12.2. The molecule has 0 saturated carbocycles. The van der Waals surface area contributed by atoms with Gasteiger partial charge in [-0.1, -0.05) is 30.4 Å². The Morgan fingerprint density at radius 2 is 2.06 bits per heavy atom. The number of aromatic hydroxyl groups is 1. The fraction of sp³-hybridized carbons (Fsp3) is 0.676. The second-order valence-corrected chi connectivity index (χ2v) is 14.4. The van der Waals surface area contributed by atoms with Gasteiger partial charge in [-0.3, -0.25) is 9.79 Å². The average molecular weight is 682 g/mol. The normalized spacial score (nSPS) is 35.2. The van der Waals surface area contributed by atoms with Gasteiger partial charge in [0.15, 0.2) is 17.5 Å². The van der Waals surface area contributed by atoms with E-state index in [-0.39, 0.29) is 48.2 Å². The predicted molar refractivity (Wildman–Crippen MR) is 187 cm³/mol. The van der Waals surface area contributed by atoms with Crippen molar-refractivity contribution in [1.82, 2.24) is 16.0 Å². The topological polar surface area (TPSA) is 191 Å². The molecule has 2 aliphatic carbocycles. The molecule has 1 saturated heterocycles. The van der Waals surface area contributed by atoms with Crippen molar-refractivity contribution < 1.29 is 34.7 Å². The number of rotatable bonds is 5. The molecule has 49 heavy (non-hydrogen) atoms. The van der Waals surface area contributed by atoms with Crippen molar-refractivity contribution >= 4 is 11.9 Å². The molecule has 1 fully saturated rings. The number of nitrogens with two attached hydrogens (primary N) is 1. The summed E-state index contributed by atoms with van der Waals surface area (Å²) in [7, 11) is 3.54. The number of aliphatic hydroxyl groups excluding tert-OH is 3. The van der Waals surface area contributed by atoms with Crippen LogP contribution < -0.4 is 26.4 Å². The fourth-order valence-electron chi connectivity index (χ4n) is 8.49. The number of esters is 1. The van der Waals surface area contributed by atoms with Crippen LogP contribution in [-0.4, -0.2) is 95.5 Å². The maximum absolute atomic E-state index is 12.6. The van der Waals surface area contributed by atoms with E-state index < -0.39 is 35.7 Å². The number of guanidine groups is 1. The van der Waals surface area contributed by atoms with E-state index in [9.17, 15) is 25.2 Å². The van der Waals surface area contributed by atoms with Crippen LogP contribution in [0.3, 0.4) is 0 Å². The summed E-state index contributed by atoms with van der Waals surface area (Å²) in [5.74, 6) is 6.57. The third-order valence-corrected chi connectivity index (χ3v) is 11.1. The Morgan fingerprint density at radius 3 is 2.80 bits per heavy atom. The molecule has 2 aliphatic heterocycles. The Morgan fingerprint density at radius 1 is 1.24 bits per heavy atom. The van der Waals surface area contributed by atoms with E-state index >= 15 is 0 Å². The lowest BCUT2D eigenvalue weighted by molar-refractivity contribution is -0.152. The highest BCUT2D eigenvalue weighted by Crippen LogP contribution is 2.42. The molecule has 0 unspecified atom stereocenters. The number of fused-ring (bicyclic) bond motifs is 5. The van der Waals surface area contributed by atoms with Crippen molar-refractivity contribution in [3.63, 3.8) is 0 Å². The quantitative estimate of drug-likeness (QED) is 0.0741. The summed E-state index contributed by atoms with van der Waals surface area (Å²) in [6.45, 7) is 2.56. The molecule has 1 aromatic carbocycles. The molecule has 1 spiro atoms. The molecule has 12 nitrogen and oxygen atoms in total. The van der Waals surface area contributed by atoms with E-state index in [1.54, 1.807) is 19.2 Å². The van der Waals surface area contributed by atoms with Crippen LogP contribution in [0, 0.1) is 29.1 Å². The zero-order valence-electron chi connectivity index (χ0n) is 29.1. The van der Waals surface area contributed by atoms with Crippen molar-refractivity contribution in [1.29, 1.82) is 0 Å². The highest BCUT2D eigenvalue weighted by molar-refractivity contribution is 5.78. The number of likely N-dealkylation sites (N-methyl/N-ethyl adjacent to an activating group) is 1. The van der Waals surface area contributed by atoms with Crippen LogP contribution in [0.5, 0.6) is 11.5 Å². The number of nitrogens with zero attached hydrogens (tertiary/aromatic N) is 1. The van der Waals surface area contributed by atoms with Gasteiger partial charge in [-0.15, -0.1) is 0 Å². The highest BCUT2D eigenvalue weighted by atomic mass is 16.5. The number of ether oxygens (including phenoxy) is 2. The molecule has 1 aromatic rings. The number of carbonyl (C=O) groups excluding carboxylic acids is 1. The van der Waals surface area contributed by atoms with Crippen LogP contribution in [0.25, 0.3) is 0 Å². The van der Waals surface area contributed by atoms with Gasteiger partial charge in [-0.05, 0) is 81.8 Å². The van der Waals surface area contributed by atoms with E-state index in [4.69, 9.17) is 15.2 Å². The first-order valence-corrected chi connectivity index (χ1v) is 17.7. The fourth-order valence-corrected chi connectivity index (χ4v) is 8.49. The SMILES string of the molecule is CN=C(N)N[C@@H]1C=CC[C@H](O)[C@]12C#C[C@@H]1CCC[C@@]3(CNC)C[C@@H](CCN3)Oc3cc(c(CO)cc3O)C[C@@H]1[C@@H](OC(C)=O)C[C@@H](O)CC2. The molecule has 2 heterocycles. The highest BCUT2D eigenvalue weighted by Gasteiger charge is 2.46. The second-order valence-electron chi connectivity index (χ2n) is 14.4. The van der Waals surface area contributed by atoms with Gasteiger partial charge in [0, 0.05) is 50.7 Å². The Hall–Kier alpha value is -3.34. The first-order valence-electron chi connectivity index (χ1n) is 17.7. The third kappa shape index (κ3) is 8.52. The monoisotopic (exact) mass is 681 g/mol. The maximum Gasteiger partial charge on any atom is 0.302 e. The molecule has 270 valence electrons. The smallest absolute Gasteiger partial charge is 0.302 e. The standard InChI is InChI=1S/C37H55N5O7/c1-23(44)48-31-19-27(45)10-14-37(33(42-35(38)40-3)7-4-8-34(37)47)13-9-24-6-5-12-36(22-39-2)20-28(11-15-41-36)49-32-18-25(16-29(24)31)26(21-43)17-30(32)46/h4,7,17-18,24,27-29,31,33-34,39,41,43,45-47H,5-6,8,10-12,14-16,19-22H2,1-3H3,(H3,38,40,42)/t24-,27-,28+,29-,31-,33+,34-,36-,37-/m0/s1. The number of hydrogen-bond donors (Lipinski definition) is 8. The summed E-state index contributed by atoms with van der Waals surface area (Å²) in [6.07, 6.45) is 6.89. The number of piperidine rings is 1. The lowest BCUT2D eigenvalue weighted by atomic mass is 9.66. The summed E-state index contributed by atoms with van der Waals surface area (Å²) in [5, 5.41) is 55.0. The number of aliphatic hydroxyl groups is 3. The Labute approximate surface area is 289 Å². The maximum atomic E-state index is 12.6. The van der Waals surface area contributed by atoms with E-state index in [1.165, 1.54) is 6.92 Å². The average Bonchev–Trinajstić information content (AvgIpc) is 3.06. The van der Waals surface area contributed by atoms with Crippen LogP contribution in [0.2, 0.25) is 0 Å². The lowest BCUT2D eigenvalue weighted by Crippen LogP contribution is -2.58. The second kappa shape index (κ2) is 16.1. The van der Waals surface area contributed by atoms with Gasteiger partial charge in [0.25, 0.3) is 0 Å². The Balaban J connectivity index is 1.68. The van der Waals surface area contributed by atoms with Crippen LogP contribution in [0.4, 0.5) is 0 Å². The van der Waals surface area contributed by atoms with Gasteiger partial charge in [-0.2, -0.15) is 0 Å². The first-order chi connectivity index (χ1) is 23.5. The number of phenols is 1. The molecular formula is C37H55N5O7. The zero-order chi connectivity index (χ0) is 35.2. The minimum Gasteiger partial charge on any atom is -0.504 e. The molecule has 12 heteroatoms. The van der Waals surface area contributed by atoms with Crippen molar-refractivity contribution in [2.45, 2.75) is 114 Å². The summed E-state index contributed by atoms with van der Waals surface area (Å²) in [5.41, 5.74) is 6.22. The van der Waals surface area contributed by atoms with E-state index in [0.29, 0.717) is 43.4 Å². The molecule has 4 aliphatic rings. The molecule has 0 aromatic heterocycles. The van der Waals surface area contributed by atoms with E-state index in [0.717, 1.165) is 44.3 Å². The number of benzene rings is 1. The Bertz CT molecular complexity index is 1440. The summed E-state index contributed by atoms with van der Waals surface area (Å²) < 4.78 is 12.5. The summed E-state index contributed by atoms with van der Waals surface area (Å²) in [4.78, 5) is 16.7. The van der Waals surface area contributed by atoms with E-state index in [2.05, 4.69) is 32.8 Å². The molecule has 0 amide bonds. The van der Waals surface area contributed by atoms with Crippen molar-refractivity contribution in [3.8, 4) is 23.3 Å². The van der Waals surface area contributed by atoms with E-state index in [1.807, 2.05) is 19.2 Å². The number of hydrogen-bond acceptors (Lipinski definition) is 10. The van der Waals surface area contributed by atoms with Crippen LogP contribution in [0.15, 0.2) is 29.3 Å². The van der Waals surface area contributed by atoms with Crippen molar-refractivity contribution in [2.75, 3.05) is 27.2 Å². The van der Waals surface area contributed by atoms with Gasteiger partial charge in [0.05, 0.1) is 30.3 Å². The molecule has 4 bridgehead atoms. The lowest BCUT2D eigenvalue weighted by Gasteiger charge is -2.43. The molecule has 5 rings (SSSR count). The number of carbonyl (C=O) groups is 1. The van der Waals surface area contributed by atoms with Crippen molar-refractivity contribution in [3.05, 3.63) is 35.4 Å². The number of phenolic OH excluding ortho intramolecular Hbond substituents is 1. The summed E-state index contributed by atoms with van der Waals surface area (Å²) >= 11 is 0. The van der Waals surface area contributed by atoms with Crippen molar-refractivity contribution in [2.24, 2.45) is 28.0 Å². The largest absolute Gasteiger partial charge is 0.504 e. The molecule has 0 radical (unpaired) electrons. The van der Waals surface area contributed by atoms with Gasteiger partial charge in [-0.25, -0.2) is 0 Å². The third-order valence-electron chi connectivity index (χ3n) is 11.1. The molecule has 9 N–H and O–H groups in total. The molecule has 9 atom stereocenters. The minimum atomic E-state index is -0.966. The summed E-state index contributed by atoms with van der Waals surface area (Å²) in [6, 6.07) is 2.91. The van der Waals surface area contributed by atoms with Gasteiger partial charge in [0.1, 0.15) is 12.2 Å². The van der Waals surface area contributed by atoms with Crippen LogP contribution in [-0.2, 0) is 22.6 Å². The van der Waals surface area contributed by atoms with Gasteiger partial charge in [0.2, 0.25) is 0 Å².